The molecule has 1 aromatic heterocycles. The Labute approximate surface area is 107 Å². The van der Waals surface area contributed by atoms with Gasteiger partial charge in [-0.2, -0.15) is 0 Å². The van der Waals surface area contributed by atoms with E-state index in [0.29, 0.717) is 12.2 Å². The fourth-order valence-corrected chi connectivity index (χ4v) is 2.02. The van der Waals surface area contributed by atoms with Crippen molar-refractivity contribution in [2.75, 3.05) is 24.5 Å². The number of hydrogen-bond acceptors (Lipinski definition) is 4. The molecule has 2 heterocycles. The van der Waals surface area contributed by atoms with Gasteiger partial charge in [0.2, 0.25) is 0 Å². The topological polar surface area (TPSA) is 58.1 Å². The van der Waals surface area contributed by atoms with Gasteiger partial charge >= 0.3 is 0 Å². The highest BCUT2D eigenvalue weighted by Gasteiger charge is 2.14. The van der Waals surface area contributed by atoms with Crippen molar-refractivity contribution in [2.24, 2.45) is 0 Å². The van der Waals surface area contributed by atoms with Gasteiger partial charge in [0, 0.05) is 25.7 Å². The lowest BCUT2D eigenvalue weighted by atomic mass is 10.1. The second kappa shape index (κ2) is 6.14. The summed E-state index contributed by atoms with van der Waals surface area (Å²) in [5.74, 6) is 0.656. The molecule has 0 aromatic carbocycles. The molecular weight excluding hydrogens is 228 g/mol. The van der Waals surface area contributed by atoms with Gasteiger partial charge in [0.1, 0.15) is 17.8 Å². The zero-order valence-corrected chi connectivity index (χ0v) is 10.4. The molecule has 1 saturated heterocycles. The summed E-state index contributed by atoms with van der Waals surface area (Å²) in [6.45, 7) is 6.02. The number of hydrogen-bond donors (Lipinski definition) is 1. The molecule has 2 rings (SSSR count). The Morgan fingerprint density at radius 2 is 2.17 bits per heavy atom. The van der Waals surface area contributed by atoms with Crippen molar-refractivity contribution in [1.29, 1.82) is 0 Å². The Kier molecular flexibility index (Phi) is 4.28. The fourth-order valence-electron chi connectivity index (χ4n) is 2.02. The van der Waals surface area contributed by atoms with E-state index in [1.807, 2.05) is 0 Å². The molecule has 96 valence electrons. The van der Waals surface area contributed by atoms with Gasteiger partial charge < -0.3 is 10.2 Å². The van der Waals surface area contributed by atoms with Gasteiger partial charge in [-0.05, 0) is 19.3 Å². The molecule has 0 aliphatic carbocycles. The number of piperidine rings is 1. The van der Waals surface area contributed by atoms with E-state index < -0.39 is 0 Å². The third-order valence-electron chi connectivity index (χ3n) is 2.97. The van der Waals surface area contributed by atoms with Gasteiger partial charge in [-0.3, -0.25) is 4.79 Å². The van der Waals surface area contributed by atoms with Crippen molar-refractivity contribution in [1.82, 2.24) is 15.3 Å². The van der Waals surface area contributed by atoms with Crippen molar-refractivity contribution in [2.45, 2.75) is 19.3 Å². The van der Waals surface area contributed by atoms with E-state index in [-0.39, 0.29) is 5.91 Å². The summed E-state index contributed by atoms with van der Waals surface area (Å²) < 4.78 is 0. The number of carbonyl (C=O) groups excluding carboxylic acids is 1. The van der Waals surface area contributed by atoms with Gasteiger partial charge in [0.25, 0.3) is 5.91 Å². The Morgan fingerprint density at radius 3 is 2.89 bits per heavy atom. The van der Waals surface area contributed by atoms with E-state index in [9.17, 15) is 4.79 Å². The van der Waals surface area contributed by atoms with E-state index in [2.05, 4.69) is 26.8 Å². The highest BCUT2D eigenvalue weighted by atomic mass is 16.1. The Bertz CT molecular complexity index is 427. The maximum Gasteiger partial charge on any atom is 0.270 e. The molecular formula is C13H18N4O. The number of rotatable bonds is 4. The molecule has 0 saturated carbocycles. The smallest absolute Gasteiger partial charge is 0.270 e. The first-order valence-corrected chi connectivity index (χ1v) is 6.27. The largest absolute Gasteiger partial charge is 0.357 e. The van der Waals surface area contributed by atoms with Crippen LogP contribution in [-0.2, 0) is 0 Å². The first kappa shape index (κ1) is 12.5. The molecule has 1 aliphatic heterocycles. The average Bonchev–Trinajstić information content (AvgIpc) is 2.46. The van der Waals surface area contributed by atoms with Crippen LogP contribution >= 0.6 is 0 Å². The van der Waals surface area contributed by atoms with Crippen LogP contribution in [0.4, 0.5) is 5.82 Å². The molecule has 1 aliphatic rings. The van der Waals surface area contributed by atoms with Crippen molar-refractivity contribution < 1.29 is 4.79 Å². The third kappa shape index (κ3) is 3.06. The van der Waals surface area contributed by atoms with Crippen LogP contribution in [0.3, 0.4) is 0 Å². The van der Waals surface area contributed by atoms with Gasteiger partial charge in [-0.15, -0.1) is 6.58 Å². The maximum absolute atomic E-state index is 11.8. The number of carbonyl (C=O) groups is 1. The van der Waals surface area contributed by atoms with Crippen LogP contribution < -0.4 is 10.2 Å². The second-order valence-electron chi connectivity index (χ2n) is 4.31. The number of amides is 1. The summed E-state index contributed by atoms with van der Waals surface area (Å²) >= 11 is 0. The van der Waals surface area contributed by atoms with Gasteiger partial charge in [0.15, 0.2) is 0 Å². The van der Waals surface area contributed by atoms with E-state index in [0.717, 1.165) is 18.9 Å². The number of aromatic nitrogens is 2. The van der Waals surface area contributed by atoms with Crippen molar-refractivity contribution in [3.05, 3.63) is 30.7 Å². The fraction of sp³-hybridized carbons (Fsp3) is 0.462. The van der Waals surface area contributed by atoms with E-state index in [1.165, 1.54) is 25.6 Å². The molecule has 1 aromatic rings. The van der Waals surface area contributed by atoms with Crippen LogP contribution in [0.25, 0.3) is 0 Å². The maximum atomic E-state index is 11.8. The number of nitrogens with zero attached hydrogens (tertiary/aromatic N) is 3. The van der Waals surface area contributed by atoms with Gasteiger partial charge in [-0.1, -0.05) is 6.08 Å². The molecule has 1 fully saturated rings. The SMILES string of the molecule is C=CCNC(=O)c1cc(N2CCCCC2)ncn1. The average molecular weight is 246 g/mol. The minimum absolute atomic E-state index is 0.185. The highest BCUT2D eigenvalue weighted by Crippen LogP contribution is 2.17. The van der Waals surface area contributed by atoms with E-state index in [1.54, 1.807) is 12.1 Å². The van der Waals surface area contributed by atoms with Crippen LogP contribution in [0.15, 0.2) is 25.0 Å². The third-order valence-corrected chi connectivity index (χ3v) is 2.97. The zero-order chi connectivity index (χ0) is 12.8. The van der Waals surface area contributed by atoms with Crippen LogP contribution in [-0.4, -0.2) is 35.5 Å². The minimum Gasteiger partial charge on any atom is -0.357 e. The van der Waals surface area contributed by atoms with Gasteiger partial charge in [-0.25, -0.2) is 9.97 Å². The lowest BCUT2D eigenvalue weighted by molar-refractivity contribution is 0.0953. The summed E-state index contributed by atoms with van der Waals surface area (Å²) in [6.07, 6.45) is 6.73. The van der Waals surface area contributed by atoms with Crippen molar-refractivity contribution >= 4 is 11.7 Å². The van der Waals surface area contributed by atoms with Crippen molar-refractivity contribution in [3.8, 4) is 0 Å². The Hall–Kier alpha value is -1.91. The van der Waals surface area contributed by atoms with Crippen LogP contribution in [0, 0.1) is 0 Å². The Balaban J connectivity index is 2.08. The molecule has 1 N–H and O–H groups in total. The number of nitrogens with one attached hydrogen (secondary N) is 1. The molecule has 0 bridgehead atoms. The molecule has 18 heavy (non-hydrogen) atoms. The second-order valence-corrected chi connectivity index (χ2v) is 4.31. The van der Waals surface area contributed by atoms with Crippen LogP contribution in [0.5, 0.6) is 0 Å². The summed E-state index contributed by atoms with van der Waals surface area (Å²) in [6, 6.07) is 1.75. The monoisotopic (exact) mass is 246 g/mol. The summed E-state index contributed by atoms with van der Waals surface area (Å²) in [5, 5.41) is 2.71. The van der Waals surface area contributed by atoms with E-state index in [4.69, 9.17) is 0 Å². The predicted molar refractivity (Wildman–Crippen MR) is 70.6 cm³/mol. The van der Waals surface area contributed by atoms with Gasteiger partial charge in [0.05, 0.1) is 0 Å². The van der Waals surface area contributed by atoms with Crippen molar-refractivity contribution in [3.63, 3.8) is 0 Å². The quantitative estimate of drug-likeness (QED) is 0.815. The zero-order valence-electron chi connectivity index (χ0n) is 10.4. The molecule has 0 unspecified atom stereocenters. The normalized spacial score (nSPS) is 15.2. The molecule has 0 radical (unpaired) electrons. The minimum atomic E-state index is -0.185. The molecule has 1 amide bonds. The molecule has 5 nitrogen and oxygen atoms in total. The predicted octanol–water partition coefficient (Wildman–Crippen LogP) is 1.38. The first-order valence-electron chi connectivity index (χ1n) is 6.27. The van der Waals surface area contributed by atoms with Crippen LogP contribution in [0.2, 0.25) is 0 Å². The lowest BCUT2D eigenvalue weighted by Crippen LogP contribution is -2.31. The lowest BCUT2D eigenvalue weighted by Gasteiger charge is -2.27. The molecule has 0 spiro atoms. The summed E-state index contributed by atoms with van der Waals surface area (Å²) in [7, 11) is 0. The summed E-state index contributed by atoms with van der Waals surface area (Å²) in [5.41, 5.74) is 0.410. The first-order chi connectivity index (χ1) is 8.81. The molecule has 5 heteroatoms. The Morgan fingerprint density at radius 1 is 1.39 bits per heavy atom. The van der Waals surface area contributed by atoms with E-state index >= 15 is 0 Å². The molecule has 0 atom stereocenters. The standard InChI is InChI=1S/C13H18N4O/c1-2-6-14-13(18)11-9-12(16-10-15-11)17-7-4-3-5-8-17/h2,9-10H,1,3-8H2,(H,14,18). The van der Waals surface area contributed by atoms with Crippen LogP contribution in [0.1, 0.15) is 29.8 Å². The summed E-state index contributed by atoms with van der Waals surface area (Å²) in [4.78, 5) is 22.2. The number of anilines is 1. The highest BCUT2D eigenvalue weighted by molar-refractivity contribution is 5.92.